The second-order valence-electron chi connectivity index (χ2n) is 2.90. The van der Waals surface area contributed by atoms with E-state index in [2.05, 4.69) is 0 Å². The van der Waals surface area contributed by atoms with E-state index in [-0.39, 0.29) is 12.5 Å². The van der Waals surface area contributed by atoms with Crippen molar-refractivity contribution in [1.29, 1.82) is 0 Å². The van der Waals surface area contributed by atoms with E-state index in [0.29, 0.717) is 0 Å². The van der Waals surface area contributed by atoms with Gasteiger partial charge in [0.2, 0.25) is 0 Å². The van der Waals surface area contributed by atoms with Gasteiger partial charge in [-0.15, -0.1) is 0 Å². The summed E-state index contributed by atoms with van der Waals surface area (Å²) in [6.45, 7) is 1.64. The Morgan fingerprint density at radius 3 is 2.38 bits per heavy atom. The highest BCUT2D eigenvalue weighted by molar-refractivity contribution is 5.78. The summed E-state index contributed by atoms with van der Waals surface area (Å²) in [7, 11) is 1.42. The SMILES string of the molecule is COC(C)CC(=O)CCC(F)(F)F. The molecule has 0 spiro atoms. The van der Waals surface area contributed by atoms with Gasteiger partial charge in [0.15, 0.2) is 0 Å². The van der Waals surface area contributed by atoms with Crippen molar-refractivity contribution >= 4 is 5.78 Å². The summed E-state index contributed by atoms with van der Waals surface area (Å²) in [5.41, 5.74) is 0. The molecule has 0 rings (SSSR count). The molecule has 0 bridgehead atoms. The monoisotopic (exact) mass is 198 g/mol. The third-order valence-electron chi connectivity index (χ3n) is 1.60. The fourth-order valence-electron chi connectivity index (χ4n) is 0.787. The van der Waals surface area contributed by atoms with Crippen LogP contribution in [0.3, 0.4) is 0 Å². The smallest absolute Gasteiger partial charge is 0.381 e. The van der Waals surface area contributed by atoms with Crippen LogP contribution in [0.15, 0.2) is 0 Å². The molecule has 0 aromatic rings. The number of methoxy groups -OCH3 is 1. The van der Waals surface area contributed by atoms with Gasteiger partial charge in [0.1, 0.15) is 5.78 Å². The van der Waals surface area contributed by atoms with Gasteiger partial charge in [-0.05, 0) is 6.92 Å². The van der Waals surface area contributed by atoms with Crippen molar-refractivity contribution in [2.75, 3.05) is 7.11 Å². The molecule has 0 N–H and O–H groups in total. The van der Waals surface area contributed by atoms with Gasteiger partial charge in [0.25, 0.3) is 0 Å². The van der Waals surface area contributed by atoms with Crippen molar-refractivity contribution in [2.24, 2.45) is 0 Å². The second kappa shape index (κ2) is 5.21. The van der Waals surface area contributed by atoms with E-state index in [1.165, 1.54) is 7.11 Å². The number of hydrogen-bond acceptors (Lipinski definition) is 2. The van der Waals surface area contributed by atoms with E-state index in [1.54, 1.807) is 6.92 Å². The van der Waals surface area contributed by atoms with Gasteiger partial charge >= 0.3 is 6.18 Å². The van der Waals surface area contributed by atoms with Gasteiger partial charge in [-0.25, -0.2) is 0 Å². The minimum atomic E-state index is -4.24. The number of Topliss-reactive ketones (excluding diaryl/α,β-unsaturated/α-hetero) is 1. The molecule has 2 nitrogen and oxygen atoms in total. The molecule has 13 heavy (non-hydrogen) atoms. The topological polar surface area (TPSA) is 26.3 Å². The number of halogens is 3. The van der Waals surface area contributed by atoms with Crippen molar-refractivity contribution in [2.45, 2.75) is 38.5 Å². The Morgan fingerprint density at radius 1 is 1.46 bits per heavy atom. The molecule has 0 amide bonds. The van der Waals surface area contributed by atoms with E-state index in [9.17, 15) is 18.0 Å². The third-order valence-corrected chi connectivity index (χ3v) is 1.60. The molecule has 0 aliphatic rings. The first-order chi connectivity index (χ1) is 5.85. The van der Waals surface area contributed by atoms with Crippen LogP contribution in [0.5, 0.6) is 0 Å². The van der Waals surface area contributed by atoms with Gasteiger partial charge in [-0.1, -0.05) is 0 Å². The Kier molecular flexibility index (Phi) is 4.98. The van der Waals surface area contributed by atoms with Crippen LogP contribution in [0.25, 0.3) is 0 Å². The van der Waals surface area contributed by atoms with Gasteiger partial charge in [0, 0.05) is 20.0 Å². The highest BCUT2D eigenvalue weighted by Crippen LogP contribution is 2.21. The molecule has 0 aromatic heterocycles. The molecular formula is C8H13F3O2. The molecule has 0 saturated carbocycles. The maximum Gasteiger partial charge on any atom is 0.389 e. The number of alkyl halides is 3. The number of rotatable bonds is 5. The second-order valence-corrected chi connectivity index (χ2v) is 2.90. The number of ether oxygens (including phenoxy) is 1. The molecule has 0 aromatic carbocycles. The standard InChI is InChI=1S/C8H13F3O2/c1-6(13-2)5-7(12)3-4-8(9,10)11/h6H,3-5H2,1-2H3. The van der Waals surface area contributed by atoms with Crippen molar-refractivity contribution < 1.29 is 22.7 Å². The first-order valence-electron chi connectivity index (χ1n) is 3.96. The highest BCUT2D eigenvalue weighted by atomic mass is 19.4. The molecule has 0 aliphatic heterocycles. The average Bonchev–Trinajstić information content (AvgIpc) is 1.99. The quantitative estimate of drug-likeness (QED) is 0.677. The third kappa shape index (κ3) is 7.77. The van der Waals surface area contributed by atoms with Crippen LogP contribution in [0, 0.1) is 0 Å². The molecule has 0 fully saturated rings. The van der Waals surface area contributed by atoms with Crippen LogP contribution in [0.2, 0.25) is 0 Å². The van der Waals surface area contributed by atoms with Crippen LogP contribution in [-0.2, 0) is 9.53 Å². The normalized spacial score (nSPS) is 14.2. The van der Waals surface area contributed by atoms with Crippen LogP contribution in [-0.4, -0.2) is 25.2 Å². The maximum atomic E-state index is 11.7. The predicted octanol–water partition coefficient (Wildman–Crippen LogP) is 2.32. The van der Waals surface area contributed by atoms with Gasteiger partial charge in [-0.2, -0.15) is 13.2 Å². The molecule has 1 atom stereocenters. The molecule has 1 unspecified atom stereocenters. The Labute approximate surface area is 75.1 Å². The fourth-order valence-corrected chi connectivity index (χ4v) is 0.787. The summed E-state index contributed by atoms with van der Waals surface area (Å²) >= 11 is 0. The number of ketones is 1. The minimum absolute atomic E-state index is 0.0482. The van der Waals surface area contributed by atoms with Crippen LogP contribution in [0.4, 0.5) is 13.2 Å². The van der Waals surface area contributed by atoms with Gasteiger partial charge in [0.05, 0.1) is 12.5 Å². The zero-order valence-corrected chi connectivity index (χ0v) is 7.65. The Balaban J connectivity index is 3.64. The summed E-state index contributed by atoms with van der Waals surface area (Å²) in [5, 5.41) is 0. The molecule has 0 aliphatic carbocycles. The lowest BCUT2D eigenvalue weighted by molar-refractivity contribution is -0.144. The van der Waals surface area contributed by atoms with Crippen LogP contribution >= 0.6 is 0 Å². The zero-order valence-electron chi connectivity index (χ0n) is 7.65. The Hall–Kier alpha value is -0.580. The van der Waals surface area contributed by atoms with E-state index >= 15 is 0 Å². The Bertz CT molecular complexity index is 165. The van der Waals surface area contributed by atoms with Crippen LogP contribution in [0.1, 0.15) is 26.2 Å². The summed E-state index contributed by atoms with van der Waals surface area (Å²) < 4.78 is 39.7. The fraction of sp³-hybridized carbons (Fsp3) is 0.875. The lowest BCUT2D eigenvalue weighted by Gasteiger charge is -2.09. The number of carbonyl (C=O) groups excluding carboxylic acids is 1. The molecular weight excluding hydrogens is 185 g/mol. The average molecular weight is 198 g/mol. The lowest BCUT2D eigenvalue weighted by Crippen LogP contribution is -2.15. The van der Waals surface area contributed by atoms with Gasteiger partial charge < -0.3 is 4.74 Å². The summed E-state index contributed by atoms with van der Waals surface area (Å²) in [6, 6.07) is 0. The molecule has 5 heteroatoms. The maximum absolute atomic E-state index is 11.7. The van der Waals surface area contributed by atoms with E-state index in [1.807, 2.05) is 0 Å². The molecule has 0 heterocycles. The first-order valence-corrected chi connectivity index (χ1v) is 3.96. The van der Waals surface area contributed by atoms with E-state index in [0.717, 1.165) is 0 Å². The van der Waals surface area contributed by atoms with Gasteiger partial charge in [-0.3, -0.25) is 4.79 Å². The van der Waals surface area contributed by atoms with E-state index < -0.39 is 24.8 Å². The first kappa shape index (κ1) is 12.4. The van der Waals surface area contributed by atoms with Crippen molar-refractivity contribution in [3.05, 3.63) is 0 Å². The summed E-state index contributed by atoms with van der Waals surface area (Å²) in [6.07, 6.45) is -5.99. The Morgan fingerprint density at radius 2 is 2.00 bits per heavy atom. The zero-order chi connectivity index (χ0) is 10.5. The van der Waals surface area contributed by atoms with Crippen molar-refractivity contribution in [3.63, 3.8) is 0 Å². The molecule has 0 saturated heterocycles. The largest absolute Gasteiger partial charge is 0.389 e. The van der Waals surface area contributed by atoms with Crippen LogP contribution < -0.4 is 0 Å². The van der Waals surface area contributed by atoms with Crippen molar-refractivity contribution in [1.82, 2.24) is 0 Å². The number of carbonyl (C=O) groups is 1. The summed E-state index contributed by atoms with van der Waals surface area (Å²) in [4.78, 5) is 10.9. The summed E-state index contributed by atoms with van der Waals surface area (Å²) in [5.74, 6) is -0.410. The van der Waals surface area contributed by atoms with Crippen molar-refractivity contribution in [3.8, 4) is 0 Å². The predicted molar refractivity (Wildman–Crippen MR) is 41.4 cm³/mol. The highest BCUT2D eigenvalue weighted by Gasteiger charge is 2.27. The molecule has 0 radical (unpaired) electrons. The minimum Gasteiger partial charge on any atom is -0.381 e. The lowest BCUT2D eigenvalue weighted by atomic mass is 10.1. The molecule has 78 valence electrons. The van der Waals surface area contributed by atoms with E-state index in [4.69, 9.17) is 4.74 Å². The number of hydrogen-bond donors (Lipinski definition) is 0.